The van der Waals surface area contributed by atoms with Crippen molar-refractivity contribution in [3.8, 4) is 67.5 Å². The number of hydrogen-bond donors (Lipinski definition) is 9. The molecule has 24 nitrogen and oxygen atoms in total. The van der Waals surface area contributed by atoms with Gasteiger partial charge in [-0.3, -0.25) is 0 Å². The third-order valence-corrected chi connectivity index (χ3v) is 19.0. The zero-order valence-corrected chi connectivity index (χ0v) is 65.8. The van der Waals surface area contributed by atoms with E-state index in [9.17, 15) is 8.42 Å². The predicted octanol–water partition coefficient (Wildman–Crippen LogP) is 16.7. The molecule has 2 aliphatic carbocycles. The average Bonchev–Trinajstić information content (AvgIpc) is 1.05. The first-order valence-corrected chi connectivity index (χ1v) is 40.5. The van der Waals surface area contributed by atoms with E-state index in [0.29, 0.717) is 35.3 Å². The molecule has 0 amide bonds. The number of nitrogens with two attached hydrogens (primary N) is 6. The normalized spacial score (nSPS) is 12.3. The summed E-state index contributed by atoms with van der Waals surface area (Å²) in [6, 6.07) is 68.5. The fraction of sp³-hybridized carbons (Fsp3) is 0.310. The minimum absolute atomic E-state index is 0.179. The molecule has 2 aliphatic rings. The lowest BCUT2D eigenvalue weighted by molar-refractivity contribution is 0.147. The third-order valence-electron chi connectivity index (χ3n) is 17.9. The summed E-state index contributed by atoms with van der Waals surface area (Å²) in [5, 5.41) is 9.61. The maximum Gasteiger partial charge on any atom is 0.222 e. The van der Waals surface area contributed by atoms with Gasteiger partial charge in [-0.05, 0) is 94.0 Å². The Morgan fingerprint density at radius 1 is 0.357 bits per heavy atom. The molecule has 0 unspecified atom stereocenters. The summed E-state index contributed by atoms with van der Waals surface area (Å²) >= 11 is 0. The predicted molar refractivity (Wildman–Crippen MR) is 457 cm³/mol. The monoisotopic (exact) mass is 1530 g/mol. The SMILES string of the molecule is CCCNc1cc(-c2ccc(S(C)(=O)=O)cc2)nc(N)n1.CCCNc1cc(-c2ccccc2)nc(N)n1.CCCc1cc(-c2ccccc2)nc(N)n1.CCOCCCNc1cc(-c2ccccc2)nc(N)n1.Nc1nc(CC2CCCCC2)cc(-c2ccccc2)n1.Nc1nc(CCC2CC2)cc(-c2ccccc2)n1. The van der Waals surface area contributed by atoms with Gasteiger partial charge in [0, 0.05) is 108 Å². The molecule has 25 heteroatoms. The first-order chi connectivity index (χ1) is 54.4. The summed E-state index contributed by atoms with van der Waals surface area (Å²) in [5.74, 6) is 5.73. The molecule has 12 aromatic rings. The van der Waals surface area contributed by atoms with Crippen molar-refractivity contribution in [2.45, 2.75) is 129 Å². The minimum Gasteiger partial charge on any atom is -0.382 e. The number of rotatable bonds is 26. The van der Waals surface area contributed by atoms with Crippen LogP contribution in [0, 0.1) is 11.8 Å². The molecule has 0 radical (unpaired) electrons. The van der Waals surface area contributed by atoms with Gasteiger partial charge in [0.2, 0.25) is 35.7 Å². The first-order valence-electron chi connectivity index (χ1n) is 38.6. The standard InChI is InChI=1S/C17H21N3.C15H20N4O.C15H17N3.C14H18N4O2S.C13H16N4.C13H15N3/c18-17-19-15(11-13-7-3-1-4-8-13)12-16(20-17)14-9-5-2-6-10-14;1-2-20-10-6-9-17-14-11-13(18-15(16)19-14)12-7-4-3-5-8-12;16-15-17-13(9-8-11-6-7-11)10-14(18-15)12-4-2-1-3-5-12;1-3-8-16-13-9-12(17-14(15)18-13)10-4-6-11(7-5-10)21(2,19)20;1-2-8-15-12-9-11(16-13(14)17-12)10-6-4-3-5-7-10;1-2-6-11-9-12(16-13(14)15-11)10-7-4-3-5-8-10/h2,5-6,9-10,12-13H,1,3-4,7-8,11H2,(H2,18,19,20);3-5,7-8,11H,2,6,9-10H2,1H3,(H3,16,17,18,19);1-5,10-11H,6-9H2,(H2,16,17,18);4-7,9H,3,8H2,1-2H3,(H3,15,16,17,18);3-7,9H,2,8H2,1H3,(H3,14,15,16,17);3-5,7-9H,2,6H2,1H3,(H2,14,15,16). The van der Waals surface area contributed by atoms with Crippen molar-refractivity contribution in [2.75, 3.05) is 89.5 Å². The lowest BCUT2D eigenvalue weighted by Gasteiger charge is -2.21. The van der Waals surface area contributed by atoms with Gasteiger partial charge in [0.25, 0.3) is 0 Å². The molecule has 0 saturated heterocycles. The molecule has 0 spiro atoms. The van der Waals surface area contributed by atoms with Crippen LogP contribution in [0.1, 0.15) is 122 Å². The largest absolute Gasteiger partial charge is 0.382 e. The van der Waals surface area contributed by atoms with Crippen molar-refractivity contribution in [2.24, 2.45) is 11.8 Å². The van der Waals surface area contributed by atoms with Gasteiger partial charge < -0.3 is 55.1 Å². The third kappa shape index (κ3) is 29.1. The van der Waals surface area contributed by atoms with E-state index in [1.54, 1.807) is 30.3 Å². The molecule has 6 aromatic heterocycles. The Bertz CT molecular complexity index is 4900. The Hall–Kier alpha value is -12.1. The van der Waals surface area contributed by atoms with Crippen LogP contribution in [0.2, 0.25) is 0 Å². The van der Waals surface area contributed by atoms with E-state index in [1.165, 1.54) is 57.6 Å². The van der Waals surface area contributed by atoms with Crippen LogP contribution in [0.5, 0.6) is 0 Å². The highest BCUT2D eigenvalue weighted by molar-refractivity contribution is 7.90. The van der Waals surface area contributed by atoms with Crippen molar-refractivity contribution >= 4 is 63.0 Å². The maximum atomic E-state index is 11.5. The van der Waals surface area contributed by atoms with Crippen molar-refractivity contribution in [3.05, 3.63) is 229 Å². The highest BCUT2D eigenvalue weighted by atomic mass is 32.2. The van der Waals surface area contributed by atoms with Gasteiger partial charge in [0.15, 0.2) is 9.84 Å². The van der Waals surface area contributed by atoms with Gasteiger partial charge >= 0.3 is 0 Å². The van der Waals surface area contributed by atoms with E-state index in [4.69, 9.17) is 39.1 Å². The minimum atomic E-state index is -3.20. The van der Waals surface area contributed by atoms with Crippen LogP contribution >= 0.6 is 0 Å². The highest BCUT2D eigenvalue weighted by Gasteiger charge is 2.22. The molecule has 0 bridgehead atoms. The number of aromatic nitrogens is 12. The second-order valence-corrected chi connectivity index (χ2v) is 29.2. The molecular formula is C87H107N21O3S. The second kappa shape index (κ2) is 44.5. The van der Waals surface area contributed by atoms with Gasteiger partial charge in [-0.15, -0.1) is 0 Å². The van der Waals surface area contributed by atoms with Crippen LogP contribution in [0.15, 0.2) is 217 Å². The highest BCUT2D eigenvalue weighted by Crippen LogP contribution is 2.34. The van der Waals surface area contributed by atoms with Gasteiger partial charge in [0.05, 0.1) is 39.1 Å². The lowest BCUT2D eigenvalue weighted by atomic mass is 9.86. The Morgan fingerprint density at radius 2 is 0.688 bits per heavy atom. The van der Waals surface area contributed by atoms with E-state index in [-0.39, 0.29) is 16.8 Å². The number of benzene rings is 6. The molecule has 14 rings (SSSR count). The maximum absolute atomic E-state index is 11.5. The molecule has 15 N–H and O–H groups in total. The topological polar surface area (TPSA) is 390 Å². The van der Waals surface area contributed by atoms with E-state index in [1.807, 2.05) is 165 Å². The van der Waals surface area contributed by atoms with Crippen LogP contribution in [0.25, 0.3) is 67.5 Å². The van der Waals surface area contributed by atoms with Crippen LogP contribution in [-0.2, 0) is 33.8 Å². The quantitative estimate of drug-likeness (QED) is 0.0227. The van der Waals surface area contributed by atoms with Crippen LogP contribution in [-0.4, -0.2) is 107 Å². The molecule has 2 fully saturated rings. The second-order valence-electron chi connectivity index (χ2n) is 27.2. The van der Waals surface area contributed by atoms with Crippen LogP contribution < -0.4 is 50.4 Å². The summed E-state index contributed by atoms with van der Waals surface area (Å²) in [7, 11) is -3.20. The van der Waals surface area contributed by atoms with Crippen molar-refractivity contribution in [3.63, 3.8) is 0 Å². The Balaban J connectivity index is 0.000000155. The number of nitrogens with zero attached hydrogens (tertiary/aromatic N) is 12. The Labute approximate surface area is 659 Å². The molecule has 0 atom stereocenters. The van der Waals surface area contributed by atoms with Gasteiger partial charge in [-0.2, -0.15) is 15.0 Å². The van der Waals surface area contributed by atoms with Gasteiger partial charge in [-0.25, -0.2) is 53.3 Å². The average molecular weight is 1530 g/mol. The number of hydrogen-bond acceptors (Lipinski definition) is 24. The van der Waals surface area contributed by atoms with E-state index in [0.717, 1.165) is 180 Å². The molecule has 584 valence electrons. The Morgan fingerprint density at radius 3 is 1.04 bits per heavy atom. The fourth-order valence-electron chi connectivity index (χ4n) is 12.1. The summed E-state index contributed by atoms with van der Waals surface area (Å²) in [4.78, 5) is 51.3. The zero-order valence-electron chi connectivity index (χ0n) is 65.0. The van der Waals surface area contributed by atoms with Gasteiger partial charge in [-0.1, -0.05) is 236 Å². The smallest absolute Gasteiger partial charge is 0.222 e. The van der Waals surface area contributed by atoms with E-state index < -0.39 is 9.84 Å². The Kier molecular flexibility index (Phi) is 33.4. The molecule has 2 saturated carbocycles. The van der Waals surface area contributed by atoms with Crippen molar-refractivity contribution in [1.82, 2.24) is 59.8 Å². The fourth-order valence-corrected chi connectivity index (χ4v) is 12.8. The van der Waals surface area contributed by atoms with Crippen LogP contribution in [0.4, 0.5) is 53.1 Å². The summed E-state index contributed by atoms with van der Waals surface area (Å²) in [5.41, 5.74) is 48.9. The summed E-state index contributed by atoms with van der Waals surface area (Å²) < 4.78 is 28.2. The summed E-state index contributed by atoms with van der Waals surface area (Å²) in [6.45, 7) is 12.2. The van der Waals surface area contributed by atoms with E-state index >= 15 is 0 Å². The molecular weight excluding hydrogens is 1420 g/mol. The van der Waals surface area contributed by atoms with Crippen molar-refractivity contribution in [1.29, 1.82) is 0 Å². The molecule has 0 aliphatic heterocycles. The number of nitrogens with one attached hydrogen (secondary N) is 3. The number of nitrogen functional groups attached to an aromatic ring is 6. The van der Waals surface area contributed by atoms with Gasteiger partial charge in [0.1, 0.15) is 17.5 Å². The van der Waals surface area contributed by atoms with Crippen LogP contribution in [0.3, 0.4) is 0 Å². The zero-order chi connectivity index (χ0) is 79.3. The summed E-state index contributed by atoms with van der Waals surface area (Å²) in [6.07, 6.45) is 18.9. The van der Waals surface area contributed by atoms with E-state index in [2.05, 4.69) is 121 Å². The number of aryl methyl sites for hydroxylation is 2. The molecule has 6 aromatic carbocycles. The number of ether oxygens (including phenoxy) is 1. The van der Waals surface area contributed by atoms with Crippen molar-refractivity contribution < 1.29 is 13.2 Å². The first kappa shape index (κ1) is 83.9. The molecule has 112 heavy (non-hydrogen) atoms. The molecule has 6 heterocycles. The number of sulfone groups is 1. The number of anilines is 9. The lowest BCUT2D eigenvalue weighted by Crippen LogP contribution is -2.11.